The molecule has 0 radical (unpaired) electrons. The molecule has 202 valence electrons. The highest BCUT2D eigenvalue weighted by Crippen LogP contribution is 2.35. The van der Waals surface area contributed by atoms with Gasteiger partial charge < -0.3 is 19.1 Å². The van der Waals surface area contributed by atoms with Crippen LogP contribution in [0, 0.1) is 0 Å². The molecule has 0 aliphatic heterocycles. The summed E-state index contributed by atoms with van der Waals surface area (Å²) in [4.78, 5) is 11.2. The highest BCUT2D eigenvalue weighted by molar-refractivity contribution is 6.37. The Morgan fingerprint density at radius 2 is 1.64 bits per heavy atom. The maximum absolute atomic E-state index is 11.2. The zero-order chi connectivity index (χ0) is 28.2. The quantitative estimate of drug-likeness (QED) is 0.197. The van der Waals surface area contributed by atoms with Gasteiger partial charge in [-0.3, -0.25) is 0 Å². The number of rotatable bonds is 9. The molecule has 1 N–H and O–H groups in total. The van der Waals surface area contributed by atoms with Gasteiger partial charge in [0.25, 0.3) is 0 Å². The van der Waals surface area contributed by atoms with Gasteiger partial charge in [-0.05, 0) is 53.6 Å². The van der Waals surface area contributed by atoms with Crippen LogP contribution in [-0.4, -0.2) is 16.2 Å². The third kappa shape index (κ3) is 7.15. The monoisotopic (exact) mass is 585 g/mol. The number of hydrogen-bond acceptors (Lipinski definition) is 5. The molecule has 3 aromatic carbocycles. The highest BCUT2D eigenvalue weighted by atomic mass is 35.5. The lowest BCUT2D eigenvalue weighted by molar-refractivity contribution is 0.0697. The summed E-state index contributed by atoms with van der Waals surface area (Å²) in [6, 6.07) is 17.2. The third-order valence-corrected chi connectivity index (χ3v) is 6.69. The van der Waals surface area contributed by atoms with Gasteiger partial charge in [-0.2, -0.15) is 0 Å². The molecule has 0 spiro atoms. The van der Waals surface area contributed by atoms with Crippen LogP contribution in [0.2, 0.25) is 15.1 Å². The van der Waals surface area contributed by atoms with E-state index in [2.05, 4.69) is 5.16 Å². The van der Waals surface area contributed by atoms with E-state index in [1.54, 1.807) is 48.5 Å². The molecule has 1 aromatic heterocycles. The molecule has 0 aliphatic rings. The molecule has 0 saturated carbocycles. The molecular formula is C30H26Cl3NO5. The SMILES string of the molecule is CC(C)(C)c1onc(COc2c(Cl)cccc2Cl)c1COc1ccc(/C=C/c2cccc(C(=O)O)c2)c(Cl)c1. The first-order valence-electron chi connectivity index (χ1n) is 12.0. The zero-order valence-corrected chi connectivity index (χ0v) is 23.8. The van der Waals surface area contributed by atoms with E-state index in [0.29, 0.717) is 38.0 Å². The molecule has 4 aromatic rings. The average Bonchev–Trinajstić information content (AvgIpc) is 3.30. The van der Waals surface area contributed by atoms with Crippen molar-refractivity contribution in [3.8, 4) is 11.5 Å². The number of ether oxygens (including phenoxy) is 2. The third-order valence-electron chi connectivity index (χ3n) is 5.77. The minimum atomic E-state index is -0.977. The molecular weight excluding hydrogens is 561 g/mol. The van der Waals surface area contributed by atoms with Crippen LogP contribution in [-0.2, 0) is 18.6 Å². The van der Waals surface area contributed by atoms with E-state index in [1.807, 2.05) is 45.0 Å². The van der Waals surface area contributed by atoms with Crippen molar-refractivity contribution in [2.24, 2.45) is 0 Å². The number of aromatic carboxylic acids is 1. The number of nitrogens with zero attached hydrogens (tertiary/aromatic N) is 1. The number of carbonyl (C=O) groups is 1. The van der Waals surface area contributed by atoms with Crippen molar-refractivity contribution >= 4 is 52.9 Å². The van der Waals surface area contributed by atoms with Crippen molar-refractivity contribution in [1.82, 2.24) is 5.16 Å². The summed E-state index contributed by atoms with van der Waals surface area (Å²) < 4.78 is 17.7. The number of aromatic nitrogens is 1. The number of halogens is 3. The summed E-state index contributed by atoms with van der Waals surface area (Å²) >= 11 is 19.0. The van der Waals surface area contributed by atoms with Crippen LogP contribution in [0.4, 0.5) is 0 Å². The molecule has 0 atom stereocenters. The zero-order valence-electron chi connectivity index (χ0n) is 21.5. The van der Waals surface area contributed by atoms with Gasteiger partial charge in [0.15, 0.2) is 5.75 Å². The molecule has 6 nitrogen and oxygen atoms in total. The molecule has 0 aliphatic carbocycles. The summed E-state index contributed by atoms with van der Waals surface area (Å²) in [7, 11) is 0. The van der Waals surface area contributed by atoms with Gasteiger partial charge >= 0.3 is 5.97 Å². The number of para-hydroxylation sites is 1. The van der Waals surface area contributed by atoms with E-state index in [9.17, 15) is 9.90 Å². The second kappa shape index (κ2) is 12.2. The summed E-state index contributed by atoms with van der Waals surface area (Å²) in [6.07, 6.45) is 3.62. The standard InChI is InChI=1S/C30H26Cl3NO5/c1-30(2,3)28-22(26(34-39-28)17-38-27-23(31)8-5-9-24(27)32)16-37-21-13-12-19(25(33)15-21)11-10-18-6-4-7-20(14-18)29(35)36/h4-15H,16-17H2,1-3H3,(H,35,36)/b11-10+. The number of carboxylic acid groups (broad SMARTS) is 1. The second-order valence-electron chi connectivity index (χ2n) is 9.76. The van der Waals surface area contributed by atoms with E-state index in [1.165, 1.54) is 0 Å². The fraction of sp³-hybridized carbons (Fsp3) is 0.200. The minimum absolute atomic E-state index is 0.0926. The average molecular weight is 587 g/mol. The first kappa shape index (κ1) is 28.6. The van der Waals surface area contributed by atoms with Crippen LogP contribution in [0.1, 0.15) is 59.3 Å². The van der Waals surface area contributed by atoms with Crippen LogP contribution >= 0.6 is 34.8 Å². The van der Waals surface area contributed by atoms with Crippen LogP contribution in [0.5, 0.6) is 11.5 Å². The molecule has 0 bridgehead atoms. The summed E-state index contributed by atoms with van der Waals surface area (Å²) in [6.45, 7) is 6.35. The lowest BCUT2D eigenvalue weighted by Crippen LogP contribution is -2.14. The Hall–Kier alpha value is -3.45. The molecule has 0 amide bonds. The van der Waals surface area contributed by atoms with Crippen molar-refractivity contribution in [2.45, 2.75) is 39.4 Å². The van der Waals surface area contributed by atoms with Crippen molar-refractivity contribution in [2.75, 3.05) is 0 Å². The summed E-state index contributed by atoms with van der Waals surface area (Å²) in [5.74, 6) is 0.639. The molecule has 1 heterocycles. The Balaban J connectivity index is 1.50. The lowest BCUT2D eigenvalue weighted by Gasteiger charge is -2.17. The normalized spacial score (nSPS) is 11.6. The fourth-order valence-electron chi connectivity index (χ4n) is 3.80. The van der Waals surface area contributed by atoms with Crippen LogP contribution in [0.3, 0.4) is 0 Å². The van der Waals surface area contributed by atoms with E-state index in [4.69, 9.17) is 48.8 Å². The molecule has 9 heteroatoms. The Morgan fingerprint density at radius 1 is 0.923 bits per heavy atom. The molecule has 0 fully saturated rings. The smallest absolute Gasteiger partial charge is 0.335 e. The highest BCUT2D eigenvalue weighted by Gasteiger charge is 2.27. The lowest BCUT2D eigenvalue weighted by atomic mass is 9.90. The predicted molar refractivity (Wildman–Crippen MR) is 154 cm³/mol. The van der Waals surface area contributed by atoms with Crippen LogP contribution in [0.25, 0.3) is 12.2 Å². The molecule has 4 rings (SSSR count). The van der Waals surface area contributed by atoms with E-state index in [0.717, 1.165) is 16.7 Å². The Morgan fingerprint density at radius 3 is 2.31 bits per heavy atom. The molecule has 39 heavy (non-hydrogen) atoms. The maximum Gasteiger partial charge on any atom is 0.335 e. The van der Waals surface area contributed by atoms with Gasteiger partial charge in [-0.25, -0.2) is 4.79 Å². The maximum atomic E-state index is 11.2. The van der Waals surface area contributed by atoms with E-state index < -0.39 is 5.97 Å². The number of hydrogen-bond donors (Lipinski definition) is 1. The minimum Gasteiger partial charge on any atom is -0.489 e. The first-order valence-corrected chi connectivity index (χ1v) is 13.1. The first-order chi connectivity index (χ1) is 18.5. The van der Waals surface area contributed by atoms with Gasteiger partial charge in [-0.1, -0.05) is 91.1 Å². The topological polar surface area (TPSA) is 81.8 Å². The van der Waals surface area contributed by atoms with Gasteiger partial charge in [0, 0.05) is 5.41 Å². The van der Waals surface area contributed by atoms with Crippen molar-refractivity contribution in [3.63, 3.8) is 0 Å². The largest absolute Gasteiger partial charge is 0.489 e. The Kier molecular flexibility index (Phi) is 8.90. The molecule has 0 unspecified atom stereocenters. The Bertz CT molecular complexity index is 1500. The van der Waals surface area contributed by atoms with Crippen molar-refractivity contribution < 1.29 is 23.9 Å². The van der Waals surface area contributed by atoms with E-state index >= 15 is 0 Å². The van der Waals surface area contributed by atoms with E-state index in [-0.39, 0.29) is 24.2 Å². The van der Waals surface area contributed by atoms with Crippen molar-refractivity contribution in [1.29, 1.82) is 0 Å². The molecule has 0 saturated heterocycles. The van der Waals surface area contributed by atoms with Gasteiger partial charge in [0.1, 0.15) is 30.4 Å². The van der Waals surface area contributed by atoms with Crippen LogP contribution in [0.15, 0.2) is 65.2 Å². The van der Waals surface area contributed by atoms with Crippen LogP contribution < -0.4 is 9.47 Å². The van der Waals surface area contributed by atoms with Crippen molar-refractivity contribution in [3.05, 3.63) is 109 Å². The predicted octanol–water partition coefficient (Wildman–Crippen LogP) is 8.96. The summed E-state index contributed by atoms with van der Waals surface area (Å²) in [5.41, 5.74) is 2.75. The number of carboxylic acids is 1. The number of benzene rings is 3. The summed E-state index contributed by atoms with van der Waals surface area (Å²) in [5, 5.41) is 14.7. The van der Waals surface area contributed by atoms with Gasteiger partial charge in [0.2, 0.25) is 0 Å². The van der Waals surface area contributed by atoms with Gasteiger partial charge in [-0.15, -0.1) is 0 Å². The fourth-order valence-corrected chi connectivity index (χ4v) is 4.54. The van der Waals surface area contributed by atoms with Gasteiger partial charge in [0.05, 0.1) is 26.2 Å². The second-order valence-corrected chi connectivity index (χ2v) is 11.0. The Labute approximate surface area is 241 Å².